The van der Waals surface area contributed by atoms with E-state index in [1.54, 1.807) is 6.07 Å². The number of hydrogen-bond donors (Lipinski definition) is 4. The summed E-state index contributed by atoms with van der Waals surface area (Å²) < 4.78 is 0.583. The lowest BCUT2D eigenvalue weighted by molar-refractivity contribution is -0.139. The maximum absolute atomic E-state index is 11.8. The lowest BCUT2D eigenvalue weighted by Gasteiger charge is -2.13. The molecule has 1 aromatic rings. The van der Waals surface area contributed by atoms with Crippen molar-refractivity contribution >= 4 is 27.8 Å². The highest BCUT2D eigenvalue weighted by atomic mass is 79.9. The molecule has 98 valence electrons. The first kappa shape index (κ1) is 14.5. The zero-order chi connectivity index (χ0) is 13.7. The minimum absolute atomic E-state index is 0.0337. The number of hydrogen-bond acceptors (Lipinski definition) is 4. The van der Waals surface area contributed by atoms with E-state index in [2.05, 4.69) is 21.2 Å². The van der Waals surface area contributed by atoms with E-state index in [9.17, 15) is 14.7 Å². The van der Waals surface area contributed by atoms with Crippen LogP contribution in [0.25, 0.3) is 0 Å². The second-order valence-electron chi connectivity index (χ2n) is 3.54. The van der Waals surface area contributed by atoms with Crippen LogP contribution >= 0.6 is 15.9 Å². The number of rotatable bonds is 5. The molecule has 1 amide bonds. The second-order valence-corrected chi connectivity index (χ2v) is 4.45. The van der Waals surface area contributed by atoms with Crippen molar-refractivity contribution in [1.29, 1.82) is 0 Å². The molecule has 1 rings (SSSR count). The smallest absolute Gasteiger partial charge is 0.326 e. The predicted molar refractivity (Wildman–Crippen MR) is 66.4 cm³/mol. The molecule has 4 N–H and O–H groups in total. The fourth-order valence-corrected chi connectivity index (χ4v) is 1.67. The van der Waals surface area contributed by atoms with Crippen LogP contribution in [-0.4, -0.2) is 39.8 Å². The zero-order valence-electron chi connectivity index (χ0n) is 9.26. The number of carbonyl (C=O) groups is 2. The Kier molecular flexibility index (Phi) is 5.11. The van der Waals surface area contributed by atoms with Crippen LogP contribution < -0.4 is 5.32 Å². The van der Waals surface area contributed by atoms with Crippen molar-refractivity contribution in [3.05, 3.63) is 28.2 Å². The fraction of sp³-hybridized carbons (Fsp3) is 0.273. The third-order valence-electron chi connectivity index (χ3n) is 2.22. The van der Waals surface area contributed by atoms with Gasteiger partial charge < -0.3 is 20.6 Å². The van der Waals surface area contributed by atoms with E-state index in [0.717, 1.165) is 0 Å². The van der Waals surface area contributed by atoms with E-state index in [4.69, 9.17) is 10.2 Å². The van der Waals surface area contributed by atoms with E-state index >= 15 is 0 Å². The second kappa shape index (κ2) is 6.36. The molecule has 0 fully saturated rings. The summed E-state index contributed by atoms with van der Waals surface area (Å²) >= 11 is 3.14. The highest BCUT2D eigenvalue weighted by Crippen LogP contribution is 2.21. The number of carbonyl (C=O) groups excluding carboxylic acids is 1. The van der Waals surface area contributed by atoms with Crippen molar-refractivity contribution in [2.75, 3.05) is 6.61 Å². The van der Waals surface area contributed by atoms with Gasteiger partial charge in [-0.1, -0.05) is 15.9 Å². The fourth-order valence-electron chi connectivity index (χ4n) is 1.31. The number of amides is 1. The Morgan fingerprint density at radius 3 is 2.61 bits per heavy atom. The number of aliphatic carboxylic acids is 1. The Morgan fingerprint density at radius 2 is 2.06 bits per heavy atom. The molecule has 6 nitrogen and oxygen atoms in total. The third-order valence-corrected chi connectivity index (χ3v) is 2.72. The number of carboxylic acids is 1. The molecule has 0 heterocycles. The number of halogens is 1. The first-order chi connectivity index (χ1) is 8.45. The molecule has 0 aliphatic carbocycles. The van der Waals surface area contributed by atoms with Gasteiger partial charge in [-0.15, -0.1) is 0 Å². The molecule has 0 radical (unpaired) electrons. The van der Waals surface area contributed by atoms with Gasteiger partial charge in [-0.2, -0.15) is 0 Å². The molecule has 18 heavy (non-hydrogen) atoms. The van der Waals surface area contributed by atoms with Crippen molar-refractivity contribution < 1.29 is 24.9 Å². The quantitative estimate of drug-likeness (QED) is 0.640. The Bertz CT molecular complexity index is 463. The highest BCUT2D eigenvalue weighted by molar-refractivity contribution is 9.10. The largest absolute Gasteiger partial charge is 0.507 e. The molecule has 1 atom stereocenters. The van der Waals surface area contributed by atoms with Crippen molar-refractivity contribution in [2.24, 2.45) is 0 Å². The SMILES string of the molecule is O=C(N[C@H](CCO)C(=O)O)c1cc(Br)ccc1O. The molecule has 0 bridgehead atoms. The number of phenols is 1. The number of aliphatic hydroxyl groups excluding tert-OH is 1. The molecule has 0 aromatic heterocycles. The molecule has 0 unspecified atom stereocenters. The van der Waals surface area contributed by atoms with Gasteiger partial charge in [0.25, 0.3) is 5.91 Å². The molecule has 1 aromatic carbocycles. The predicted octanol–water partition coefficient (Wildman–Crippen LogP) is 0.720. The van der Waals surface area contributed by atoms with Crippen molar-refractivity contribution in [1.82, 2.24) is 5.32 Å². The van der Waals surface area contributed by atoms with Gasteiger partial charge in [0, 0.05) is 17.5 Å². The molecule has 7 heteroatoms. The number of nitrogens with one attached hydrogen (secondary N) is 1. The lowest BCUT2D eigenvalue weighted by Crippen LogP contribution is -2.41. The number of carboxylic acid groups (broad SMARTS) is 1. The van der Waals surface area contributed by atoms with Crippen LogP contribution in [0.4, 0.5) is 0 Å². The van der Waals surface area contributed by atoms with Gasteiger partial charge >= 0.3 is 5.97 Å². The molecule has 0 aliphatic heterocycles. The van der Waals surface area contributed by atoms with Gasteiger partial charge in [0.1, 0.15) is 11.8 Å². The van der Waals surface area contributed by atoms with Crippen LogP contribution in [0.5, 0.6) is 5.75 Å². The van der Waals surface area contributed by atoms with Crippen molar-refractivity contribution in [3.8, 4) is 5.75 Å². The van der Waals surface area contributed by atoms with Gasteiger partial charge in [0.15, 0.2) is 0 Å². The lowest BCUT2D eigenvalue weighted by atomic mass is 10.1. The summed E-state index contributed by atoms with van der Waals surface area (Å²) in [5.41, 5.74) is -0.0337. The Labute approximate surface area is 111 Å². The summed E-state index contributed by atoms with van der Waals surface area (Å²) in [6.45, 7) is -0.359. The summed E-state index contributed by atoms with van der Waals surface area (Å²) in [7, 11) is 0. The van der Waals surface area contributed by atoms with Crippen LogP contribution in [0.1, 0.15) is 16.8 Å². The van der Waals surface area contributed by atoms with E-state index in [1.165, 1.54) is 12.1 Å². The topological polar surface area (TPSA) is 107 Å². The van der Waals surface area contributed by atoms with E-state index < -0.39 is 17.9 Å². The van der Waals surface area contributed by atoms with Gasteiger partial charge in [-0.25, -0.2) is 4.79 Å². The maximum atomic E-state index is 11.8. The standard InChI is InChI=1S/C11H12BrNO5/c12-6-1-2-9(15)7(5-6)10(16)13-8(3-4-14)11(17)18/h1-2,5,8,14-15H,3-4H2,(H,13,16)(H,17,18)/t8-/m1/s1. The number of aromatic hydroxyl groups is 1. The minimum atomic E-state index is -1.24. The zero-order valence-corrected chi connectivity index (χ0v) is 10.8. The van der Waals surface area contributed by atoms with E-state index in [-0.39, 0.29) is 24.3 Å². The van der Waals surface area contributed by atoms with Crippen LogP contribution in [-0.2, 0) is 4.79 Å². The molecule has 0 spiro atoms. The molecular weight excluding hydrogens is 306 g/mol. The van der Waals surface area contributed by atoms with Gasteiger partial charge in [0.2, 0.25) is 0 Å². The van der Waals surface area contributed by atoms with Crippen molar-refractivity contribution in [3.63, 3.8) is 0 Å². The normalized spacial score (nSPS) is 11.9. The highest BCUT2D eigenvalue weighted by Gasteiger charge is 2.21. The number of phenolic OH excluding ortho intramolecular Hbond substituents is 1. The molecule has 0 saturated carbocycles. The number of benzene rings is 1. The Hall–Kier alpha value is -1.60. The van der Waals surface area contributed by atoms with E-state index in [0.29, 0.717) is 4.47 Å². The summed E-state index contributed by atoms with van der Waals surface area (Å²) in [6, 6.07) is 3.05. The molecule has 0 saturated heterocycles. The number of aliphatic hydroxyl groups is 1. The summed E-state index contributed by atoms with van der Waals surface area (Å²) in [5, 5.41) is 29.3. The monoisotopic (exact) mass is 317 g/mol. The minimum Gasteiger partial charge on any atom is -0.507 e. The van der Waals surface area contributed by atoms with Gasteiger partial charge in [-0.05, 0) is 18.2 Å². The third kappa shape index (κ3) is 3.71. The first-order valence-electron chi connectivity index (χ1n) is 5.08. The van der Waals surface area contributed by atoms with Crippen LogP contribution in [0.3, 0.4) is 0 Å². The first-order valence-corrected chi connectivity index (χ1v) is 5.88. The summed E-state index contributed by atoms with van der Waals surface area (Å²) in [4.78, 5) is 22.6. The van der Waals surface area contributed by atoms with Crippen molar-refractivity contribution in [2.45, 2.75) is 12.5 Å². The van der Waals surface area contributed by atoms with E-state index in [1.807, 2.05) is 0 Å². The van der Waals surface area contributed by atoms with Gasteiger partial charge in [0.05, 0.1) is 5.56 Å². The van der Waals surface area contributed by atoms with Crippen LogP contribution in [0, 0.1) is 0 Å². The average Bonchev–Trinajstić information content (AvgIpc) is 2.31. The Morgan fingerprint density at radius 1 is 1.39 bits per heavy atom. The summed E-state index contributed by atoms with van der Waals surface area (Å²) in [5.74, 6) is -2.20. The van der Waals surface area contributed by atoms with Gasteiger partial charge in [-0.3, -0.25) is 4.79 Å². The Balaban J connectivity index is 2.86. The molecule has 0 aliphatic rings. The molecular formula is C11H12BrNO5. The maximum Gasteiger partial charge on any atom is 0.326 e. The van der Waals surface area contributed by atoms with Crippen LogP contribution in [0.2, 0.25) is 0 Å². The summed E-state index contributed by atoms with van der Waals surface area (Å²) in [6.07, 6.45) is -0.101. The van der Waals surface area contributed by atoms with Crippen LogP contribution in [0.15, 0.2) is 22.7 Å². The average molecular weight is 318 g/mol.